The summed E-state index contributed by atoms with van der Waals surface area (Å²) in [6, 6.07) is 10.00. The fourth-order valence-electron chi connectivity index (χ4n) is 2.50. The van der Waals surface area contributed by atoms with Crippen LogP contribution in [-0.2, 0) is 0 Å². The van der Waals surface area contributed by atoms with Crippen molar-refractivity contribution < 1.29 is 0 Å². The highest BCUT2D eigenvalue weighted by Crippen LogP contribution is 2.24. The van der Waals surface area contributed by atoms with Gasteiger partial charge in [-0.3, -0.25) is 0 Å². The molecule has 0 amide bonds. The molecule has 0 spiro atoms. The van der Waals surface area contributed by atoms with E-state index in [1.54, 1.807) is 6.33 Å². The van der Waals surface area contributed by atoms with Crippen LogP contribution in [0, 0.1) is 0 Å². The average Bonchev–Trinajstić information content (AvgIpc) is 2.97. The normalized spacial score (nSPS) is 10.8. The lowest BCUT2D eigenvalue weighted by Gasteiger charge is -2.22. The van der Waals surface area contributed by atoms with Crippen molar-refractivity contribution >= 4 is 16.9 Å². The first kappa shape index (κ1) is 14.3. The zero-order chi connectivity index (χ0) is 15.5. The first-order chi connectivity index (χ1) is 10.7. The third-order valence-corrected chi connectivity index (χ3v) is 3.49. The molecular weight excluding hydrogens is 274 g/mol. The molecule has 0 unspecified atom stereocenters. The Morgan fingerprint density at radius 2 is 2.00 bits per heavy atom. The van der Waals surface area contributed by atoms with Crippen molar-refractivity contribution in [2.45, 2.75) is 13.8 Å². The summed E-state index contributed by atoms with van der Waals surface area (Å²) in [5.41, 5.74) is 2.91. The Labute approximate surface area is 129 Å². The van der Waals surface area contributed by atoms with Gasteiger partial charge in [-0.25, -0.2) is 14.6 Å². The number of aromatic nitrogens is 4. The van der Waals surface area contributed by atoms with Crippen LogP contribution in [0.15, 0.2) is 55.0 Å². The molecule has 1 aromatic carbocycles. The van der Waals surface area contributed by atoms with Gasteiger partial charge in [-0.2, -0.15) is 5.10 Å². The SMILES string of the molecule is C=C(C)CN(CC)c1ncnc2c1cnn2-c1ccccc1. The molecule has 0 bridgehead atoms. The molecule has 0 N–H and O–H groups in total. The van der Waals surface area contributed by atoms with Crippen LogP contribution in [0.1, 0.15) is 13.8 Å². The molecular formula is C17H19N5. The number of nitrogens with zero attached hydrogens (tertiary/aromatic N) is 5. The van der Waals surface area contributed by atoms with Crippen LogP contribution >= 0.6 is 0 Å². The average molecular weight is 293 g/mol. The minimum absolute atomic E-state index is 0.777. The number of rotatable bonds is 5. The van der Waals surface area contributed by atoms with Gasteiger partial charge in [0.2, 0.25) is 0 Å². The maximum Gasteiger partial charge on any atom is 0.168 e. The fourth-order valence-corrected chi connectivity index (χ4v) is 2.50. The lowest BCUT2D eigenvalue weighted by molar-refractivity contribution is 0.859. The summed E-state index contributed by atoms with van der Waals surface area (Å²) in [5.74, 6) is 0.901. The predicted octanol–water partition coefficient (Wildman–Crippen LogP) is 3.22. The Kier molecular flexibility index (Phi) is 3.87. The van der Waals surface area contributed by atoms with Gasteiger partial charge < -0.3 is 4.90 Å². The van der Waals surface area contributed by atoms with Crippen molar-refractivity contribution in [3.63, 3.8) is 0 Å². The van der Waals surface area contributed by atoms with Crippen LogP contribution in [0.3, 0.4) is 0 Å². The van der Waals surface area contributed by atoms with Crippen molar-refractivity contribution in [2.24, 2.45) is 0 Å². The number of anilines is 1. The Balaban J connectivity index is 2.11. The van der Waals surface area contributed by atoms with E-state index in [0.717, 1.165) is 41.2 Å². The lowest BCUT2D eigenvalue weighted by Crippen LogP contribution is -2.25. The highest BCUT2D eigenvalue weighted by Gasteiger charge is 2.15. The molecule has 0 atom stereocenters. The van der Waals surface area contributed by atoms with E-state index in [1.807, 2.05) is 48.1 Å². The van der Waals surface area contributed by atoms with E-state index in [-0.39, 0.29) is 0 Å². The van der Waals surface area contributed by atoms with E-state index in [4.69, 9.17) is 0 Å². The summed E-state index contributed by atoms with van der Waals surface area (Å²) in [5, 5.41) is 5.44. The number of benzene rings is 1. The molecule has 5 nitrogen and oxygen atoms in total. The van der Waals surface area contributed by atoms with Crippen molar-refractivity contribution in [3.8, 4) is 5.69 Å². The quantitative estimate of drug-likeness (QED) is 0.678. The summed E-state index contributed by atoms with van der Waals surface area (Å²) in [6.07, 6.45) is 3.43. The second kappa shape index (κ2) is 5.97. The van der Waals surface area contributed by atoms with Crippen molar-refractivity contribution in [2.75, 3.05) is 18.0 Å². The van der Waals surface area contributed by atoms with Gasteiger partial charge in [-0.15, -0.1) is 0 Å². The van der Waals surface area contributed by atoms with Crippen LogP contribution in [0.25, 0.3) is 16.7 Å². The minimum atomic E-state index is 0.777. The molecule has 22 heavy (non-hydrogen) atoms. The number of hydrogen-bond acceptors (Lipinski definition) is 4. The van der Waals surface area contributed by atoms with Crippen LogP contribution in [0.5, 0.6) is 0 Å². The van der Waals surface area contributed by atoms with Gasteiger partial charge in [0.1, 0.15) is 12.1 Å². The van der Waals surface area contributed by atoms with Crippen molar-refractivity contribution in [1.82, 2.24) is 19.7 Å². The molecule has 0 aliphatic carbocycles. The molecule has 2 heterocycles. The number of para-hydroxylation sites is 1. The second-order valence-electron chi connectivity index (χ2n) is 5.30. The lowest BCUT2D eigenvalue weighted by atomic mass is 10.3. The summed E-state index contributed by atoms with van der Waals surface area (Å²) in [7, 11) is 0. The van der Waals surface area contributed by atoms with Crippen molar-refractivity contribution in [1.29, 1.82) is 0 Å². The molecule has 0 saturated heterocycles. The van der Waals surface area contributed by atoms with Gasteiger partial charge in [0.15, 0.2) is 5.65 Å². The maximum atomic E-state index is 4.49. The molecule has 5 heteroatoms. The van der Waals surface area contributed by atoms with Gasteiger partial charge in [-0.1, -0.05) is 30.4 Å². The third-order valence-electron chi connectivity index (χ3n) is 3.49. The molecule has 112 valence electrons. The highest BCUT2D eigenvalue weighted by molar-refractivity contribution is 5.87. The molecule has 3 aromatic rings. The first-order valence-electron chi connectivity index (χ1n) is 7.34. The van der Waals surface area contributed by atoms with Crippen LogP contribution in [-0.4, -0.2) is 32.8 Å². The first-order valence-corrected chi connectivity index (χ1v) is 7.34. The van der Waals surface area contributed by atoms with Gasteiger partial charge >= 0.3 is 0 Å². The largest absolute Gasteiger partial charge is 0.352 e. The second-order valence-corrected chi connectivity index (χ2v) is 5.30. The van der Waals surface area contributed by atoms with Crippen LogP contribution in [0.2, 0.25) is 0 Å². The maximum absolute atomic E-state index is 4.49. The Bertz CT molecular complexity index is 791. The van der Waals surface area contributed by atoms with Crippen LogP contribution in [0.4, 0.5) is 5.82 Å². The molecule has 0 aliphatic rings. The molecule has 0 aliphatic heterocycles. The smallest absolute Gasteiger partial charge is 0.168 e. The Morgan fingerprint density at radius 1 is 1.23 bits per heavy atom. The summed E-state index contributed by atoms with van der Waals surface area (Å²) < 4.78 is 1.84. The Morgan fingerprint density at radius 3 is 2.68 bits per heavy atom. The van der Waals surface area contributed by atoms with Gasteiger partial charge in [0.25, 0.3) is 0 Å². The highest BCUT2D eigenvalue weighted by atomic mass is 15.3. The molecule has 3 rings (SSSR count). The number of hydrogen-bond donors (Lipinski definition) is 0. The minimum Gasteiger partial charge on any atom is -0.352 e. The topological polar surface area (TPSA) is 46.8 Å². The molecule has 0 fully saturated rings. The fraction of sp³-hybridized carbons (Fsp3) is 0.235. The monoisotopic (exact) mass is 293 g/mol. The summed E-state index contributed by atoms with van der Waals surface area (Å²) >= 11 is 0. The van der Waals surface area contributed by atoms with Crippen molar-refractivity contribution in [3.05, 3.63) is 55.0 Å². The number of fused-ring (bicyclic) bond motifs is 1. The van der Waals surface area contributed by atoms with Gasteiger partial charge in [0, 0.05) is 13.1 Å². The molecule has 0 saturated carbocycles. The van der Waals surface area contributed by atoms with E-state index in [1.165, 1.54) is 0 Å². The predicted molar refractivity (Wildman–Crippen MR) is 89.4 cm³/mol. The summed E-state index contributed by atoms with van der Waals surface area (Å²) in [6.45, 7) is 9.76. The zero-order valence-corrected chi connectivity index (χ0v) is 12.9. The molecule has 2 aromatic heterocycles. The van der Waals surface area contributed by atoms with E-state index >= 15 is 0 Å². The van der Waals surface area contributed by atoms with E-state index in [2.05, 4.69) is 33.5 Å². The van der Waals surface area contributed by atoms with E-state index in [0.29, 0.717) is 0 Å². The summed E-state index contributed by atoms with van der Waals surface area (Å²) in [4.78, 5) is 11.1. The standard InChI is InChI=1S/C17H19N5/c1-4-21(11-13(2)3)16-15-10-20-22(17(15)19-12-18-16)14-8-6-5-7-9-14/h5-10,12H,2,4,11H2,1,3H3. The van der Waals surface area contributed by atoms with Gasteiger partial charge in [-0.05, 0) is 26.0 Å². The van der Waals surface area contributed by atoms with Gasteiger partial charge in [0.05, 0.1) is 17.3 Å². The zero-order valence-electron chi connectivity index (χ0n) is 12.9. The van der Waals surface area contributed by atoms with Crippen LogP contribution < -0.4 is 4.90 Å². The molecule has 0 radical (unpaired) electrons. The van der Waals surface area contributed by atoms with E-state index in [9.17, 15) is 0 Å². The Hall–Kier alpha value is -2.69. The van der Waals surface area contributed by atoms with E-state index < -0.39 is 0 Å². The number of likely N-dealkylation sites (N-methyl/N-ethyl adjacent to an activating group) is 1. The third kappa shape index (κ3) is 2.57.